The summed E-state index contributed by atoms with van der Waals surface area (Å²) in [5.74, 6) is 0.378. The van der Waals surface area contributed by atoms with Gasteiger partial charge in [-0.1, -0.05) is 18.2 Å². The average Bonchev–Trinajstić information content (AvgIpc) is 3.17. The lowest BCUT2D eigenvalue weighted by Crippen LogP contribution is -2.18. The second kappa shape index (κ2) is 7.64. The SMILES string of the molecule is COc1cccc(C(=O)N/N=C/c2ccc(N3CCCC3)cc2)c1. The molecular formula is C19H21N3O2. The van der Waals surface area contributed by atoms with Crippen LogP contribution in [0.4, 0.5) is 5.69 Å². The van der Waals surface area contributed by atoms with Gasteiger partial charge in [-0.2, -0.15) is 5.10 Å². The van der Waals surface area contributed by atoms with Crippen molar-refractivity contribution in [2.24, 2.45) is 5.10 Å². The van der Waals surface area contributed by atoms with E-state index in [-0.39, 0.29) is 5.91 Å². The second-order valence-corrected chi connectivity index (χ2v) is 5.72. The number of rotatable bonds is 5. The summed E-state index contributed by atoms with van der Waals surface area (Å²) in [6.45, 7) is 2.26. The van der Waals surface area contributed by atoms with Crippen LogP contribution in [0, 0.1) is 0 Å². The van der Waals surface area contributed by atoms with Gasteiger partial charge in [0.05, 0.1) is 13.3 Å². The Bertz CT molecular complexity index is 720. The molecule has 1 fully saturated rings. The molecule has 1 saturated heterocycles. The second-order valence-electron chi connectivity index (χ2n) is 5.72. The van der Waals surface area contributed by atoms with Crippen LogP contribution in [0.15, 0.2) is 53.6 Å². The number of carbonyl (C=O) groups is 1. The van der Waals surface area contributed by atoms with Gasteiger partial charge >= 0.3 is 0 Å². The Labute approximate surface area is 141 Å². The van der Waals surface area contributed by atoms with Crippen LogP contribution in [0.2, 0.25) is 0 Å². The van der Waals surface area contributed by atoms with Crippen LogP contribution in [-0.2, 0) is 0 Å². The first-order valence-corrected chi connectivity index (χ1v) is 8.09. The molecule has 2 aromatic rings. The predicted molar refractivity (Wildman–Crippen MR) is 95.9 cm³/mol. The number of hydrogen-bond acceptors (Lipinski definition) is 4. The molecular weight excluding hydrogens is 302 g/mol. The Balaban J connectivity index is 1.58. The van der Waals surface area contributed by atoms with Crippen LogP contribution in [0.3, 0.4) is 0 Å². The summed E-state index contributed by atoms with van der Waals surface area (Å²) >= 11 is 0. The number of amides is 1. The van der Waals surface area contributed by atoms with Crippen molar-refractivity contribution in [2.45, 2.75) is 12.8 Å². The lowest BCUT2D eigenvalue weighted by atomic mass is 10.2. The number of hydrogen-bond donors (Lipinski definition) is 1. The van der Waals surface area contributed by atoms with E-state index in [1.54, 1.807) is 37.6 Å². The van der Waals surface area contributed by atoms with E-state index in [1.807, 2.05) is 12.1 Å². The smallest absolute Gasteiger partial charge is 0.271 e. The number of benzene rings is 2. The number of nitrogens with one attached hydrogen (secondary N) is 1. The van der Waals surface area contributed by atoms with E-state index in [9.17, 15) is 4.79 Å². The van der Waals surface area contributed by atoms with E-state index in [2.05, 4.69) is 27.6 Å². The Hall–Kier alpha value is -2.82. The summed E-state index contributed by atoms with van der Waals surface area (Å²) < 4.78 is 5.11. The van der Waals surface area contributed by atoms with Crippen LogP contribution < -0.4 is 15.1 Å². The fourth-order valence-electron chi connectivity index (χ4n) is 2.74. The highest BCUT2D eigenvalue weighted by Gasteiger charge is 2.11. The maximum Gasteiger partial charge on any atom is 0.271 e. The highest BCUT2D eigenvalue weighted by molar-refractivity contribution is 5.95. The fourth-order valence-corrected chi connectivity index (χ4v) is 2.74. The van der Waals surface area contributed by atoms with Crippen LogP contribution in [-0.4, -0.2) is 32.3 Å². The monoisotopic (exact) mass is 323 g/mol. The molecule has 5 heteroatoms. The van der Waals surface area contributed by atoms with Crippen molar-refractivity contribution in [3.63, 3.8) is 0 Å². The van der Waals surface area contributed by atoms with E-state index in [4.69, 9.17) is 4.74 Å². The van der Waals surface area contributed by atoms with Gasteiger partial charge in [0.2, 0.25) is 0 Å². The summed E-state index contributed by atoms with van der Waals surface area (Å²) in [7, 11) is 1.57. The van der Waals surface area contributed by atoms with Crippen LogP contribution in [0.5, 0.6) is 5.75 Å². The molecule has 0 radical (unpaired) electrons. The predicted octanol–water partition coefficient (Wildman–Crippen LogP) is 3.06. The molecule has 0 saturated carbocycles. The van der Waals surface area contributed by atoms with Crippen molar-refractivity contribution >= 4 is 17.8 Å². The van der Waals surface area contributed by atoms with Gasteiger partial charge < -0.3 is 9.64 Å². The molecule has 5 nitrogen and oxygen atoms in total. The van der Waals surface area contributed by atoms with Gasteiger partial charge in [-0.05, 0) is 48.7 Å². The Morgan fingerprint density at radius 2 is 1.92 bits per heavy atom. The van der Waals surface area contributed by atoms with E-state index < -0.39 is 0 Å². The number of methoxy groups -OCH3 is 1. The lowest BCUT2D eigenvalue weighted by molar-refractivity contribution is 0.0955. The highest BCUT2D eigenvalue weighted by atomic mass is 16.5. The third kappa shape index (κ3) is 3.93. The quantitative estimate of drug-likeness (QED) is 0.679. The minimum absolute atomic E-state index is 0.265. The van der Waals surface area contributed by atoms with Crippen LogP contribution >= 0.6 is 0 Å². The minimum Gasteiger partial charge on any atom is -0.497 e. The zero-order valence-electron chi connectivity index (χ0n) is 13.7. The van der Waals surface area contributed by atoms with Crippen molar-refractivity contribution in [1.82, 2.24) is 5.43 Å². The van der Waals surface area contributed by atoms with Crippen molar-refractivity contribution in [3.8, 4) is 5.75 Å². The molecule has 1 aliphatic rings. The van der Waals surface area contributed by atoms with E-state index in [1.165, 1.54) is 18.5 Å². The zero-order valence-corrected chi connectivity index (χ0v) is 13.7. The first-order chi connectivity index (χ1) is 11.8. The average molecular weight is 323 g/mol. The van der Waals surface area contributed by atoms with Gasteiger partial charge in [-0.25, -0.2) is 5.43 Å². The normalized spacial score (nSPS) is 14.1. The maximum atomic E-state index is 12.0. The Morgan fingerprint density at radius 1 is 1.17 bits per heavy atom. The van der Waals surface area contributed by atoms with Crippen molar-refractivity contribution in [2.75, 3.05) is 25.1 Å². The van der Waals surface area contributed by atoms with Crippen LogP contribution in [0.25, 0.3) is 0 Å². The van der Waals surface area contributed by atoms with Gasteiger partial charge in [0, 0.05) is 24.3 Å². The summed E-state index contributed by atoms with van der Waals surface area (Å²) in [4.78, 5) is 14.4. The van der Waals surface area contributed by atoms with Gasteiger partial charge in [-0.3, -0.25) is 4.79 Å². The van der Waals surface area contributed by atoms with E-state index >= 15 is 0 Å². The number of nitrogens with zero attached hydrogens (tertiary/aromatic N) is 2. The fraction of sp³-hybridized carbons (Fsp3) is 0.263. The topological polar surface area (TPSA) is 53.9 Å². The van der Waals surface area contributed by atoms with Crippen molar-refractivity contribution in [3.05, 3.63) is 59.7 Å². The van der Waals surface area contributed by atoms with Crippen molar-refractivity contribution in [1.29, 1.82) is 0 Å². The zero-order chi connectivity index (χ0) is 16.8. The molecule has 124 valence electrons. The lowest BCUT2D eigenvalue weighted by Gasteiger charge is -2.17. The molecule has 24 heavy (non-hydrogen) atoms. The third-order valence-corrected chi connectivity index (χ3v) is 4.08. The Kier molecular flexibility index (Phi) is 5.11. The molecule has 1 amide bonds. The molecule has 0 bridgehead atoms. The summed E-state index contributed by atoms with van der Waals surface area (Å²) in [5, 5.41) is 4.02. The van der Waals surface area contributed by atoms with E-state index in [0.717, 1.165) is 18.7 Å². The van der Waals surface area contributed by atoms with Crippen LogP contribution in [0.1, 0.15) is 28.8 Å². The van der Waals surface area contributed by atoms with Gasteiger partial charge in [0.1, 0.15) is 5.75 Å². The molecule has 0 aromatic heterocycles. The van der Waals surface area contributed by atoms with Gasteiger partial charge in [0.15, 0.2) is 0 Å². The molecule has 1 N–H and O–H groups in total. The van der Waals surface area contributed by atoms with E-state index in [0.29, 0.717) is 11.3 Å². The Morgan fingerprint density at radius 3 is 2.62 bits per heavy atom. The molecule has 0 aliphatic carbocycles. The molecule has 1 aliphatic heterocycles. The summed E-state index contributed by atoms with van der Waals surface area (Å²) in [6.07, 6.45) is 4.17. The number of hydrazone groups is 1. The minimum atomic E-state index is -0.265. The molecule has 0 atom stereocenters. The first kappa shape index (κ1) is 16.1. The molecule has 1 heterocycles. The summed E-state index contributed by atoms with van der Waals surface area (Å²) in [5.41, 5.74) is 5.23. The molecule has 0 spiro atoms. The molecule has 2 aromatic carbocycles. The number of carbonyl (C=O) groups excluding carboxylic acids is 1. The highest BCUT2D eigenvalue weighted by Crippen LogP contribution is 2.20. The molecule has 3 rings (SSSR count). The largest absolute Gasteiger partial charge is 0.497 e. The first-order valence-electron chi connectivity index (χ1n) is 8.09. The summed E-state index contributed by atoms with van der Waals surface area (Å²) in [6, 6.07) is 15.2. The maximum absolute atomic E-state index is 12.0. The van der Waals surface area contributed by atoms with Crippen molar-refractivity contribution < 1.29 is 9.53 Å². The standard InChI is InChI=1S/C19H21N3O2/c1-24-18-6-4-5-16(13-18)19(23)21-20-14-15-7-9-17(10-8-15)22-11-2-3-12-22/h4-10,13-14H,2-3,11-12H2,1H3,(H,21,23)/b20-14+. The number of anilines is 1. The third-order valence-electron chi connectivity index (χ3n) is 4.08. The molecule has 0 unspecified atom stereocenters. The number of ether oxygens (including phenoxy) is 1. The van der Waals surface area contributed by atoms with Gasteiger partial charge in [0.25, 0.3) is 5.91 Å². The van der Waals surface area contributed by atoms with Gasteiger partial charge in [-0.15, -0.1) is 0 Å².